The van der Waals surface area contributed by atoms with Gasteiger partial charge in [-0.05, 0) is 61.0 Å². The average Bonchev–Trinajstić information content (AvgIpc) is 3.82. The number of nitrogens with zero attached hydrogens (tertiary/aromatic N) is 2. The van der Waals surface area contributed by atoms with E-state index in [1.807, 2.05) is 224 Å². The van der Waals surface area contributed by atoms with E-state index in [1.54, 1.807) is 0 Å². The normalized spacial score (nSPS) is 10.1. The van der Waals surface area contributed by atoms with Gasteiger partial charge in [-0.3, -0.25) is 9.59 Å². The van der Waals surface area contributed by atoms with E-state index in [-0.39, 0.29) is 11.6 Å². The van der Waals surface area contributed by atoms with E-state index in [4.69, 9.17) is 16.9 Å². The molecule has 76 heavy (non-hydrogen) atoms. The highest BCUT2D eigenvalue weighted by Crippen LogP contribution is 2.35. The third-order valence-electron chi connectivity index (χ3n) is 12.3. The van der Waals surface area contributed by atoms with Gasteiger partial charge in [0, 0.05) is 27.5 Å². The van der Waals surface area contributed by atoms with Crippen LogP contribution in [0.15, 0.2) is 297 Å². The standard InChI is InChI=1S/C23H15N.C13H8O.C13H10O.C12H10.C11H7N/c1-2-18(17-24)19-13-15-22(16-14-19)23(20-9-5-3-6-10-20)21-11-7-4-8-12-21;14-13-11-7-3-1-5-9(11)10-6-2-4-8-12(10)13;14-13(11-7-3-1-4-8-11)12-9-5-2-6-10-12;1-3-7-11(8-4-1)12-9-5-2-6-10-12;12-8-10-6-3-5-9-4-1-2-7-11(9)10/h1,3-16H;1-8H;1-10H;1-10H;1-7H. The summed E-state index contributed by atoms with van der Waals surface area (Å²) in [5.41, 5.74) is 12.4. The van der Waals surface area contributed by atoms with E-state index in [1.165, 1.54) is 11.1 Å². The monoisotopic (exact) mass is 974 g/mol. The van der Waals surface area contributed by atoms with Crippen LogP contribution in [0.3, 0.4) is 0 Å². The number of fused-ring (bicyclic) bond motifs is 4. The molecule has 0 spiro atoms. The summed E-state index contributed by atoms with van der Waals surface area (Å²) in [6.07, 6.45) is 5.38. The van der Waals surface area contributed by atoms with Crippen LogP contribution in [0.25, 0.3) is 44.2 Å². The second-order valence-electron chi connectivity index (χ2n) is 17.2. The molecule has 0 aromatic heterocycles. The minimum Gasteiger partial charge on any atom is -0.289 e. The van der Waals surface area contributed by atoms with Gasteiger partial charge in [-0.1, -0.05) is 297 Å². The molecule has 11 aromatic rings. The smallest absolute Gasteiger partial charge is 0.194 e. The summed E-state index contributed by atoms with van der Waals surface area (Å²) in [5.74, 6) is 2.65. The quantitative estimate of drug-likeness (QED) is 0.127. The van der Waals surface area contributed by atoms with Crippen molar-refractivity contribution < 1.29 is 9.59 Å². The zero-order chi connectivity index (χ0) is 52.7. The Morgan fingerprint density at radius 2 is 0.711 bits per heavy atom. The first-order valence-corrected chi connectivity index (χ1v) is 24.7. The average molecular weight is 975 g/mol. The highest BCUT2D eigenvalue weighted by Gasteiger charge is 2.25. The minimum absolute atomic E-state index is 0.0752. The summed E-state index contributed by atoms with van der Waals surface area (Å²) in [4.78, 5) is 23.7. The van der Waals surface area contributed by atoms with Crippen molar-refractivity contribution in [3.8, 4) is 46.7 Å². The van der Waals surface area contributed by atoms with Crippen LogP contribution in [0.4, 0.5) is 0 Å². The van der Waals surface area contributed by atoms with E-state index >= 15 is 0 Å². The Morgan fingerprint density at radius 1 is 0.355 bits per heavy atom. The van der Waals surface area contributed by atoms with Gasteiger partial charge in [0.25, 0.3) is 0 Å². The lowest BCUT2D eigenvalue weighted by atomic mass is 9.95. The number of benzene rings is 11. The maximum Gasteiger partial charge on any atom is 0.194 e. The van der Waals surface area contributed by atoms with Crippen molar-refractivity contribution in [1.82, 2.24) is 0 Å². The molecule has 0 saturated heterocycles. The summed E-state index contributed by atoms with van der Waals surface area (Å²) in [6.45, 7) is 0. The molecule has 1 aliphatic carbocycles. The highest BCUT2D eigenvalue weighted by atomic mass is 16.1. The minimum atomic E-state index is 0.0752. The van der Waals surface area contributed by atoms with Crippen LogP contribution in [-0.2, 0) is 0 Å². The summed E-state index contributed by atoms with van der Waals surface area (Å²) < 4.78 is 0. The fraction of sp³-hybridized carbons (Fsp3) is 0. The van der Waals surface area contributed by atoms with Gasteiger partial charge in [-0.15, -0.1) is 6.42 Å². The second kappa shape index (κ2) is 26.7. The molecule has 4 heteroatoms. The Kier molecular flexibility index (Phi) is 18.1. The van der Waals surface area contributed by atoms with Gasteiger partial charge in [0.15, 0.2) is 11.6 Å². The van der Waals surface area contributed by atoms with Crippen molar-refractivity contribution in [3.05, 3.63) is 347 Å². The topological polar surface area (TPSA) is 81.7 Å². The molecule has 0 unspecified atom stereocenters. The van der Waals surface area contributed by atoms with Gasteiger partial charge in [0.05, 0.1) is 11.6 Å². The SMILES string of the molecule is C#CC(C#N)=c1ccc(=C(c2ccccc2)c2ccccc2)cc1.N#Cc1cccc2ccccc12.O=C(c1ccccc1)c1ccccc1.O=C1c2ccccc2-c2ccccc21.c1ccc(-c2ccccc2)cc1. The van der Waals surface area contributed by atoms with E-state index < -0.39 is 0 Å². The van der Waals surface area contributed by atoms with Crippen LogP contribution in [0.1, 0.15) is 48.5 Å². The first kappa shape index (κ1) is 51.6. The Morgan fingerprint density at radius 3 is 1.13 bits per heavy atom. The number of carbonyl (C=O) groups excluding carboxylic acids is 2. The van der Waals surface area contributed by atoms with Crippen molar-refractivity contribution >= 4 is 33.5 Å². The maximum absolute atomic E-state index is 11.9. The molecule has 11 aromatic carbocycles. The van der Waals surface area contributed by atoms with Crippen LogP contribution < -0.4 is 10.4 Å². The van der Waals surface area contributed by atoms with E-state index in [9.17, 15) is 9.59 Å². The van der Waals surface area contributed by atoms with Crippen LogP contribution in [-0.4, -0.2) is 11.6 Å². The number of hydrogen-bond donors (Lipinski definition) is 0. The van der Waals surface area contributed by atoms with Crippen molar-refractivity contribution in [2.24, 2.45) is 0 Å². The lowest BCUT2D eigenvalue weighted by Gasteiger charge is -2.09. The summed E-state index contributed by atoms with van der Waals surface area (Å²) in [6, 6.07) is 101. The molecule has 0 atom stereocenters. The maximum atomic E-state index is 11.9. The zero-order valence-electron chi connectivity index (χ0n) is 41.6. The van der Waals surface area contributed by atoms with Crippen molar-refractivity contribution in [2.75, 3.05) is 0 Å². The molecule has 0 radical (unpaired) electrons. The van der Waals surface area contributed by atoms with E-state index in [0.29, 0.717) is 5.57 Å². The number of ketones is 2. The van der Waals surface area contributed by atoms with Gasteiger partial charge >= 0.3 is 0 Å². The zero-order valence-corrected chi connectivity index (χ0v) is 41.6. The molecular weight excluding hydrogens is 925 g/mol. The summed E-state index contributed by atoms with van der Waals surface area (Å²) >= 11 is 0. The van der Waals surface area contributed by atoms with Crippen LogP contribution in [0.2, 0.25) is 0 Å². The fourth-order valence-corrected chi connectivity index (χ4v) is 8.60. The van der Waals surface area contributed by atoms with Crippen molar-refractivity contribution in [3.63, 3.8) is 0 Å². The molecule has 4 nitrogen and oxygen atoms in total. The highest BCUT2D eigenvalue weighted by molar-refractivity contribution is 6.21. The van der Waals surface area contributed by atoms with Crippen molar-refractivity contribution in [2.45, 2.75) is 0 Å². The Hall–Kier alpha value is -10.7. The Bertz CT molecular complexity index is 3750. The molecule has 0 bridgehead atoms. The summed E-state index contributed by atoms with van der Waals surface area (Å²) in [5, 5.41) is 21.9. The largest absolute Gasteiger partial charge is 0.289 e. The first-order chi connectivity index (χ1) is 37.5. The molecule has 0 aliphatic heterocycles. The molecule has 0 heterocycles. The lowest BCUT2D eigenvalue weighted by molar-refractivity contribution is 0.103. The van der Waals surface area contributed by atoms with Gasteiger partial charge in [0.1, 0.15) is 11.6 Å². The third kappa shape index (κ3) is 13.2. The number of nitriles is 2. The molecule has 12 rings (SSSR count). The molecule has 0 amide bonds. The second-order valence-corrected chi connectivity index (χ2v) is 17.2. The number of rotatable bonds is 5. The molecule has 0 saturated carbocycles. The lowest BCUT2D eigenvalue weighted by Crippen LogP contribution is -2.13. The number of terminal acetylenes is 1. The molecule has 360 valence electrons. The van der Waals surface area contributed by atoms with Crippen molar-refractivity contribution in [1.29, 1.82) is 10.5 Å². The molecular formula is C72H50N2O2. The van der Waals surface area contributed by atoms with E-state index in [0.717, 1.165) is 76.9 Å². The molecule has 0 N–H and O–H groups in total. The Balaban J connectivity index is 0.000000130. The van der Waals surface area contributed by atoms with Crippen LogP contribution in [0.5, 0.6) is 0 Å². The van der Waals surface area contributed by atoms with Gasteiger partial charge < -0.3 is 0 Å². The Labute approximate surface area is 444 Å². The fourth-order valence-electron chi connectivity index (χ4n) is 8.60. The van der Waals surface area contributed by atoms with Crippen LogP contribution >= 0.6 is 0 Å². The predicted octanol–water partition coefficient (Wildman–Crippen LogP) is 15.1. The van der Waals surface area contributed by atoms with Gasteiger partial charge in [0.2, 0.25) is 0 Å². The number of carbonyl (C=O) groups is 2. The molecule has 1 aliphatic rings. The molecule has 0 fully saturated rings. The van der Waals surface area contributed by atoms with Gasteiger partial charge in [-0.2, -0.15) is 10.5 Å². The van der Waals surface area contributed by atoms with Crippen LogP contribution in [0, 0.1) is 35.0 Å². The van der Waals surface area contributed by atoms with Gasteiger partial charge in [-0.25, -0.2) is 0 Å². The number of hydrogen-bond acceptors (Lipinski definition) is 4. The summed E-state index contributed by atoms with van der Waals surface area (Å²) in [7, 11) is 0. The predicted molar refractivity (Wildman–Crippen MR) is 310 cm³/mol. The van der Waals surface area contributed by atoms with E-state index in [2.05, 4.69) is 90.9 Å². The first-order valence-electron chi connectivity index (χ1n) is 24.7. The third-order valence-corrected chi connectivity index (χ3v) is 12.3.